The van der Waals surface area contributed by atoms with E-state index < -0.39 is 5.60 Å². The second kappa shape index (κ2) is 11.0. The normalized spacial score (nSPS) is 14.9. The summed E-state index contributed by atoms with van der Waals surface area (Å²) in [5.74, 6) is 0.448. The van der Waals surface area contributed by atoms with Gasteiger partial charge in [0.1, 0.15) is 11.4 Å². The molecule has 7 nitrogen and oxygen atoms in total. The molecule has 0 aromatic heterocycles. The number of nitrogens with one attached hydrogen (secondary N) is 2. The van der Waals surface area contributed by atoms with E-state index in [1.807, 2.05) is 45.8 Å². The van der Waals surface area contributed by atoms with Crippen LogP contribution in [0.3, 0.4) is 0 Å². The molecule has 1 heterocycles. The van der Waals surface area contributed by atoms with Crippen molar-refractivity contribution in [2.75, 3.05) is 34.2 Å². The van der Waals surface area contributed by atoms with Gasteiger partial charge in [0.2, 0.25) is 0 Å². The van der Waals surface area contributed by atoms with Crippen LogP contribution in [0.4, 0.5) is 9.18 Å². The summed E-state index contributed by atoms with van der Waals surface area (Å²) >= 11 is 0. The molecule has 1 aromatic rings. The number of carbonyl (C=O) groups is 1. The highest BCUT2D eigenvalue weighted by atomic mass is 127. The Morgan fingerprint density at radius 3 is 2.55 bits per heavy atom. The van der Waals surface area contributed by atoms with Crippen LogP contribution in [-0.2, 0) is 17.8 Å². The van der Waals surface area contributed by atoms with Crippen LogP contribution in [0.15, 0.2) is 23.2 Å². The van der Waals surface area contributed by atoms with E-state index in [9.17, 15) is 9.18 Å². The first-order valence-electron chi connectivity index (χ1n) is 9.44. The minimum Gasteiger partial charge on any atom is -0.444 e. The van der Waals surface area contributed by atoms with E-state index in [0.29, 0.717) is 37.7 Å². The Bertz CT molecular complexity index is 715. The molecule has 1 aliphatic heterocycles. The fraction of sp³-hybridized carbons (Fsp3) is 0.600. The molecule has 1 aliphatic rings. The average molecular weight is 521 g/mol. The lowest BCUT2D eigenvalue weighted by molar-refractivity contribution is 0.00701. The number of guanidine groups is 1. The topological polar surface area (TPSA) is 69.2 Å². The van der Waals surface area contributed by atoms with Crippen LogP contribution in [-0.4, -0.2) is 67.7 Å². The van der Waals surface area contributed by atoms with Gasteiger partial charge in [-0.25, -0.2) is 9.18 Å². The third-order valence-corrected chi connectivity index (χ3v) is 4.15. The maximum atomic E-state index is 13.9. The molecule has 0 unspecified atom stereocenters. The van der Waals surface area contributed by atoms with Gasteiger partial charge in [0, 0.05) is 38.8 Å². The number of rotatable bonds is 5. The molecule has 1 amide bonds. The van der Waals surface area contributed by atoms with Gasteiger partial charge in [-0.2, -0.15) is 0 Å². The molecule has 0 spiro atoms. The van der Waals surface area contributed by atoms with Crippen LogP contribution in [0.25, 0.3) is 0 Å². The Labute approximate surface area is 190 Å². The number of nitrogens with zero attached hydrogens (tertiary/aromatic N) is 3. The maximum Gasteiger partial charge on any atom is 0.410 e. The van der Waals surface area contributed by atoms with Crippen molar-refractivity contribution >= 4 is 36.0 Å². The number of ether oxygens (including phenoxy) is 1. The predicted molar refractivity (Wildman–Crippen MR) is 124 cm³/mol. The second-order valence-electron chi connectivity index (χ2n) is 8.32. The third-order valence-electron chi connectivity index (χ3n) is 4.15. The van der Waals surface area contributed by atoms with Gasteiger partial charge >= 0.3 is 6.09 Å². The zero-order valence-electron chi connectivity index (χ0n) is 18.1. The number of hydrogen-bond acceptors (Lipinski definition) is 4. The SMILES string of the molecule is CN=C(NCc1ccc(F)c(CN(C)C)c1)NC1CN(C(=O)OC(C)(C)C)C1.I. The van der Waals surface area contributed by atoms with Crippen LogP contribution in [0.5, 0.6) is 0 Å². The summed E-state index contributed by atoms with van der Waals surface area (Å²) < 4.78 is 19.3. The summed E-state index contributed by atoms with van der Waals surface area (Å²) in [7, 11) is 5.52. The standard InChI is InChI=1S/C20H32FN5O2.HI/c1-20(2,3)28-19(27)26-12-16(13-26)24-18(22-4)23-10-14-7-8-17(21)15(9-14)11-25(5)6;/h7-9,16H,10-13H2,1-6H3,(H2,22,23,24);1H. The lowest BCUT2D eigenvalue weighted by Gasteiger charge is -2.40. The van der Waals surface area contributed by atoms with Gasteiger partial charge < -0.3 is 25.2 Å². The zero-order valence-corrected chi connectivity index (χ0v) is 20.4. The van der Waals surface area contributed by atoms with E-state index in [4.69, 9.17) is 4.74 Å². The molecule has 0 bridgehead atoms. The van der Waals surface area contributed by atoms with Crippen LogP contribution >= 0.6 is 24.0 Å². The average Bonchev–Trinajstić information content (AvgIpc) is 2.53. The van der Waals surface area contributed by atoms with E-state index in [0.717, 1.165) is 5.56 Å². The monoisotopic (exact) mass is 521 g/mol. The Hall–Kier alpha value is -1.62. The molecule has 1 saturated heterocycles. The summed E-state index contributed by atoms with van der Waals surface area (Å²) in [6.45, 7) is 7.78. The molecule has 29 heavy (non-hydrogen) atoms. The molecule has 1 aromatic carbocycles. The first-order valence-corrected chi connectivity index (χ1v) is 9.44. The van der Waals surface area contributed by atoms with Crippen LogP contribution in [0.2, 0.25) is 0 Å². The van der Waals surface area contributed by atoms with Crippen molar-refractivity contribution in [2.24, 2.45) is 4.99 Å². The van der Waals surface area contributed by atoms with Crippen molar-refractivity contribution in [3.63, 3.8) is 0 Å². The molecular weight excluding hydrogens is 488 g/mol. The van der Waals surface area contributed by atoms with Crippen molar-refractivity contribution in [2.45, 2.75) is 45.5 Å². The summed E-state index contributed by atoms with van der Waals surface area (Å²) in [6, 6.07) is 5.25. The van der Waals surface area contributed by atoms with Crippen LogP contribution < -0.4 is 10.6 Å². The zero-order chi connectivity index (χ0) is 20.9. The molecule has 164 valence electrons. The van der Waals surface area contributed by atoms with Crippen LogP contribution in [0.1, 0.15) is 31.9 Å². The third kappa shape index (κ3) is 8.33. The predicted octanol–water partition coefficient (Wildman–Crippen LogP) is 2.79. The van der Waals surface area contributed by atoms with Gasteiger partial charge in [0.15, 0.2) is 5.96 Å². The number of amides is 1. The molecule has 2 rings (SSSR count). The highest BCUT2D eigenvalue weighted by Crippen LogP contribution is 2.15. The number of likely N-dealkylation sites (tertiary alicyclic amines) is 1. The summed E-state index contributed by atoms with van der Waals surface area (Å²) in [4.78, 5) is 19.8. The molecule has 1 fully saturated rings. The Kier molecular flexibility index (Phi) is 9.60. The molecule has 0 atom stereocenters. The van der Waals surface area contributed by atoms with Gasteiger partial charge in [-0.05, 0) is 52.6 Å². The number of carbonyl (C=O) groups excluding carboxylic acids is 1. The molecule has 9 heteroatoms. The van der Waals surface area contributed by atoms with Crippen molar-refractivity contribution in [3.8, 4) is 0 Å². The van der Waals surface area contributed by atoms with Gasteiger partial charge in [0.25, 0.3) is 0 Å². The van der Waals surface area contributed by atoms with Crippen molar-refractivity contribution in [1.82, 2.24) is 20.4 Å². The van der Waals surface area contributed by atoms with E-state index in [1.165, 1.54) is 6.07 Å². The highest BCUT2D eigenvalue weighted by molar-refractivity contribution is 14.0. The Morgan fingerprint density at radius 1 is 1.34 bits per heavy atom. The molecule has 0 radical (unpaired) electrons. The quantitative estimate of drug-likeness (QED) is 0.355. The van der Waals surface area contributed by atoms with Gasteiger partial charge in [-0.15, -0.1) is 24.0 Å². The molecule has 0 saturated carbocycles. The molecule has 0 aliphatic carbocycles. The van der Waals surface area contributed by atoms with Crippen molar-refractivity contribution in [1.29, 1.82) is 0 Å². The van der Waals surface area contributed by atoms with Crippen molar-refractivity contribution < 1.29 is 13.9 Å². The second-order valence-corrected chi connectivity index (χ2v) is 8.32. The van der Waals surface area contributed by atoms with E-state index in [1.54, 1.807) is 18.0 Å². The molecule has 2 N–H and O–H groups in total. The number of halogens is 2. The maximum absolute atomic E-state index is 13.9. The number of hydrogen-bond donors (Lipinski definition) is 2. The van der Waals surface area contributed by atoms with Gasteiger partial charge in [-0.1, -0.05) is 6.07 Å². The first-order chi connectivity index (χ1) is 13.1. The van der Waals surface area contributed by atoms with Crippen molar-refractivity contribution in [3.05, 3.63) is 35.1 Å². The van der Waals surface area contributed by atoms with Gasteiger partial charge in [0.05, 0.1) is 6.04 Å². The minimum absolute atomic E-state index is 0. The summed E-state index contributed by atoms with van der Waals surface area (Å²) in [5, 5.41) is 6.52. The number of aliphatic imine (C=N–C) groups is 1. The van der Waals surface area contributed by atoms with Gasteiger partial charge in [-0.3, -0.25) is 4.99 Å². The summed E-state index contributed by atoms with van der Waals surface area (Å²) in [5.41, 5.74) is 1.15. The largest absolute Gasteiger partial charge is 0.444 e. The Morgan fingerprint density at radius 2 is 2.00 bits per heavy atom. The summed E-state index contributed by atoms with van der Waals surface area (Å²) in [6.07, 6.45) is -0.298. The van der Waals surface area contributed by atoms with E-state index in [-0.39, 0.29) is 41.9 Å². The lowest BCUT2D eigenvalue weighted by Crippen LogP contribution is -2.63. The van der Waals surface area contributed by atoms with Crippen LogP contribution in [0, 0.1) is 5.82 Å². The molecular formula is C20H33FIN5O2. The first kappa shape index (κ1) is 25.4. The number of benzene rings is 1. The van der Waals surface area contributed by atoms with E-state index >= 15 is 0 Å². The lowest BCUT2D eigenvalue weighted by atomic mass is 10.1. The smallest absolute Gasteiger partial charge is 0.410 e. The van der Waals surface area contributed by atoms with E-state index in [2.05, 4.69) is 15.6 Å². The Balaban J connectivity index is 0.00000420. The fourth-order valence-electron chi connectivity index (χ4n) is 2.82. The minimum atomic E-state index is -0.492. The highest BCUT2D eigenvalue weighted by Gasteiger charge is 2.34. The fourth-order valence-corrected chi connectivity index (χ4v) is 2.82.